The van der Waals surface area contributed by atoms with Crippen LogP contribution in [0.15, 0.2) is 77.7 Å². The van der Waals surface area contributed by atoms with Crippen molar-refractivity contribution in [1.82, 2.24) is 5.32 Å². The van der Waals surface area contributed by atoms with Crippen LogP contribution in [0.3, 0.4) is 0 Å². The van der Waals surface area contributed by atoms with Crippen LogP contribution < -0.4 is 15.4 Å². The lowest BCUT2D eigenvalue weighted by Crippen LogP contribution is -2.32. The first-order valence-electron chi connectivity index (χ1n) is 11.2. The molecule has 1 aliphatic rings. The lowest BCUT2D eigenvalue weighted by Gasteiger charge is -2.12. The number of sulfonamides is 1. The van der Waals surface area contributed by atoms with Crippen molar-refractivity contribution in [1.29, 1.82) is 0 Å². The lowest BCUT2D eigenvalue weighted by molar-refractivity contribution is 0.0937. The highest BCUT2D eigenvalue weighted by atomic mass is 32.2. The van der Waals surface area contributed by atoms with Gasteiger partial charge in [-0.25, -0.2) is 8.42 Å². The van der Waals surface area contributed by atoms with Crippen molar-refractivity contribution in [2.75, 3.05) is 10.0 Å². The van der Waals surface area contributed by atoms with Gasteiger partial charge in [-0.15, -0.1) is 0 Å². The Kier molecular flexibility index (Phi) is 6.98. The van der Waals surface area contributed by atoms with Gasteiger partial charge in [0.05, 0.1) is 4.90 Å². The van der Waals surface area contributed by atoms with Crippen molar-refractivity contribution in [3.8, 4) is 0 Å². The summed E-state index contributed by atoms with van der Waals surface area (Å²) < 4.78 is 27.7. The minimum Gasteiger partial charge on any atom is -0.349 e. The summed E-state index contributed by atoms with van der Waals surface area (Å²) in [6.07, 6.45) is 4.32. The molecule has 0 spiro atoms. The number of hydrogen-bond acceptors (Lipinski definition) is 4. The van der Waals surface area contributed by atoms with E-state index in [9.17, 15) is 18.0 Å². The van der Waals surface area contributed by atoms with E-state index < -0.39 is 10.0 Å². The van der Waals surface area contributed by atoms with Gasteiger partial charge in [0.1, 0.15) is 0 Å². The molecule has 1 aliphatic carbocycles. The smallest absolute Gasteiger partial charge is 0.261 e. The van der Waals surface area contributed by atoms with Gasteiger partial charge >= 0.3 is 0 Å². The van der Waals surface area contributed by atoms with E-state index in [0.717, 1.165) is 31.2 Å². The zero-order valence-electron chi connectivity index (χ0n) is 18.9. The van der Waals surface area contributed by atoms with Crippen LogP contribution in [0.4, 0.5) is 11.4 Å². The van der Waals surface area contributed by atoms with Gasteiger partial charge in [0.15, 0.2) is 0 Å². The number of carbonyl (C=O) groups excluding carboxylic acids is 2. The molecule has 0 radical (unpaired) electrons. The number of carbonyl (C=O) groups is 2. The predicted molar refractivity (Wildman–Crippen MR) is 133 cm³/mol. The average Bonchev–Trinajstić information content (AvgIpc) is 3.34. The summed E-state index contributed by atoms with van der Waals surface area (Å²) in [6, 6.07) is 19.7. The number of amides is 2. The summed E-state index contributed by atoms with van der Waals surface area (Å²) in [5, 5.41) is 5.80. The summed E-state index contributed by atoms with van der Waals surface area (Å²) in [4.78, 5) is 25.0. The highest BCUT2D eigenvalue weighted by Crippen LogP contribution is 2.20. The second-order valence-electron chi connectivity index (χ2n) is 8.48. The molecule has 3 N–H and O–H groups in total. The minimum absolute atomic E-state index is 0.0576. The summed E-state index contributed by atoms with van der Waals surface area (Å²) >= 11 is 0. The van der Waals surface area contributed by atoms with E-state index in [4.69, 9.17) is 0 Å². The van der Waals surface area contributed by atoms with E-state index in [1.54, 1.807) is 36.4 Å². The van der Waals surface area contributed by atoms with Gasteiger partial charge in [0, 0.05) is 28.5 Å². The highest BCUT2D eigenvalue weighted by Gasteiger charge is 2.18. The van der Waals surface area contributed by atoms with Crippen LogP contribution in [0.1, 0.15) is 52.0 Å². The molecular weight excluding hydrogens is 450 g/mol. The van der Waals surface area contributed by atoms with Gasteiger partial charge < -0.3 is 10.6 Å². The van der Waals surface area contributed by atoms with Gasteiger partial charge in [-0.2, -0.15) is 0 Å². The molecule has 0 atom stereocenters. The van der Waals surface area contributed by atoms with Crippen LogP contribution in [0.25, 0.3) is 0 Å². The van der Waals surface area contributed by atoms with E-state index in [1.807, 2.05) is 19.1 Å². The molecule has 7 nitrogen and oxygen atoms in total. The molecule has 0 unspecified atom stereocenters. The van der Waals surface area contributed by atoms with Crippen LogP contribution >= 0.6 is 0 Å². The molecule has 0 aromatic heterocycles. The van der Waals surface area contributed by atoms with Crippen LogP contribution in [-0.2, 0) is 10.0 Å². The molecule has 3 aromatic carbocycles. The Morgan fingerprint density at radius 2 is 1.26 bits per heavy atom. The Morgan fingerprint density at radius 1 is 0.735 bits per heavy atom. The minimum atomic E-state index is -3.77. The fourth-order valence-corrected chi connectivity index (χ4v) is 4.93. The molecule has 1 saturated carbocycles. The van der Waals surface area contributed by atoms with Gasteiger partial charge in [0.25, 0.3) is 21.8 Å². The quantitative estimate of drug-likeness (QED) is 0.458. The average molecular weight is 478 g/mol. The third-order valence-electron chi connectivity index (χ3n) is 5.83. The topological polar surface area (TPSA) is 104 Å². The standard InChI is InChI=1S/C26H27N3O4S/c1-18-6-12-23(13-7-18)29-34(32,33)24-16-10-20(11-17-24)26(31)28-22-14-8-19(9-15-22)25(30)27-21-4-2-3-5-21/h6-17,21,29H,2-5H2,1H3,(H,27,30)(H,28,31). The first-order valence-corrected chi connectivity index (χ1v) is 12.7. The molecule has 0 bridgehead atoms. The Morgan fingerprint density at radius 3 is 1.88 bits per heavy atom. The zero-order chi connectivity index (χ0) is 24.1. The summed E-state index contributed by atoms with van der Waals surface area (Å²) in [6.45, 7) is 1.92. The van der Waals surface area contributed by atoms with E-state index in [-0.39, 0.29) is 22.8 Å². The second kappa shape index (κ2) is 10.1. The Balaban J connectivity index is 1.36. The first kappa shape index (κ1) is 23.5. The van der Waals surface area contributed by atoms with E-state index in [1.165, 1.54) is 24.3 Å². The first-order chi connectivity index (χ1) is 16.3. The fraction of sp³-hybridized carbons (Fsp3) is 0.231. The van der Waals surface area contributed by atoms with Gasteiger partial charge in [-0.05, 0) is 80.4 Å². The number of benzene rings is 3. The molecule has 4 rings (SSSR count). The monoisotopic (exact) mass is 477 g/mol. The number of anilines is 2. The third kappa shape index (κ3) is 5.82. The Bertz CT molecular complexity index is 1260. The van der Waals surface area contributed by atoms with Crippen molar-refractivity contribution in [2.24, 2.45) is 0 Å². The predicted octanol–water partition coefficient (Wildman–Crippen LogP) is 4.72. The van der Waals surface area contributed by atoms with Crippen molar-refractivity contribution in [3.63, 3.8) is 0 Å². The normalized spacial score (nSPS) is 13.9. The third-order valence-corrected chi connectivity index (χ3v) is 7.22. The van der Waals surface area contributed by atoms with Crippen molar-refractivity contribution in [2.45, 2.75) is 43.5 Å². The maximum absolute atomic E-state index is 12.6. The molecule has 34 heavy (non-hydrogen) atoms. The van der Waals surface area contributed by atoms with E-state index >= 15 is 0 Å². The summed E-state index contributed by atoms with van der Waals surface area (Å²) in [5.41, 5.74) is 2.89. The molecule has 0 saturated heterocycles. The molecule has 8 heteroatoms. The van der Waals surface area contributed by atoms with Crippen molar-refractivity contribution >= 4 is 33.2 Å². The number of rotatable bonds is 7. The summed E-state index contributed by atoms with van der Waals surface area (Å²) in [5.74, 6) is -0.487. The van der Waals surface area contributed by atoms with Crippen LogP contribution in [0.5, 0.6) is 0 Å². The Labute approximate surface area is 199 Å². The van der Waals surface area contributed by atoms with Gasteiger partial charge in [-0.3, -0.25) is 14.3 Å². The molecule has 0 heterocycles. The van der Waals surface area contributed by atoms with Crippen LogP contribution in [0, 0.1) is 6.92 Å². The number of hydrogen-bond donors (Lipinski definition) is 3. The molecule has 3 aromatic rings. The maximum atomic E-state index is 12.6. The molecule has 1 fully saturated rings. The largest absolute Gasteiger partial charge is 0.349 e. The summed E-state index contributed by atoms with van der Waals surface area (Å²) in [7, 11) is -3.77. The molecule has 176 valence electrons. The SMILES string of the molecule is Cc1ccc(NS(=O)(=O)c2ccc(C(=O)Nc3ccc(C(=O)NC4CCCC4)cc3)cc2)cc1. The van der Waals surface area contributed by atoms with E-state index in [0.29, 0.717) is 22.5 Å². The number of nitrogens with one attached hydrogen (secondary N) is 3. The molecule has 0 aliphatic heterocycles. The van der Waals surface area contributed by atoms with Crippen LogP contribution in [-0.4, -0.2) is 26.3 Å². The highest BCUT2D eigenvalue weighted by molar-refractivity contribution is 7.92. The second-order valence-corrected chi connectivity index (χ2v) is 10.2. The van der Waals surface area contributed by atoms with Gasteiger partial charge in [-0.1, -0.05) is 30.5 Å². The maximum Gasteiger partial charge on any atom is 0.261 e. The molecular formula is C26H27N3O4S. The fourth-order valence-electron chi connectivity index (χ4n) is 3.87. The van der Waals surface area contributed by atoms with Crippen molar-refractivity contribution in [3.05, 3.63) is 89.5 Å². The lowest BCUT2D eigenvalue weighted by atomic mass is 10.1. The van der Waals surface area contributed by atoms with Gasteiger partial charge in [0.2, 0.25) is 0 Å². The zero-order valence-corrected chi connectivity index (χ0v) is 19.7. The van der Waals surface area contributed by atoms with Crippen LogP contribution in [0.2, 0.25) is 0 Å². The van der Waals surface area contributed by atoms with E-state index in [2.05, 4.69) is 15.4 Å². The molecule has 2 amide bonds. The Hall–Kier alpha value is -3.65. The number of aryl methyl sites for hydroxylation is 1. The van der Waals surface area contributed by atoms with Crippen molar-refractivity contribution < 1.29 is 18.0 Å².